The Morgan fingerprint density at radius 2 is 1.76 bits per heavy atom. The summed E-state index contributed by atoms with van der Waals surface area (Å²) >= 11 is 0. The minimum Gasteiger partial charge on any atom is -0.497 e. The van der Waals surface area contributed by atoms with E-state index in [-0.39, 0.29) is 11.4 Å². The zero-order valence-electron chi connectivity index (χ0n) is 18.0. The van der Waals surface area contributed by atoms with E-state index in [2.05, 4.69) is 33.1 Å². The Hall–Kier alpha value is -3.02. The summed E-state index contributed by atoms with van der Waals surface area (Å²) < 4.78 is 5.18. The summed E-state index contributed by atoms with van der Waals surface area (Å²) in [6.07, 6.45) is 0.882. The predicted molar refractivity (Wildman–Crippen MR) is 119 cm³/mol. The normalized spacial score (nSPS) is 11.7. The molecule has 0 spiro atoms. The molecule has 29 heavy (non-hydrogen) atoms. The van der Waals surface area contributed by atoms with Crippen molar-refractivity contribution in [2.45, 2.75) is 39.3 Å². The van der Waals surface area contributed by atoms with Crippen molar-refractivity contribution in [2.24, 2.45) is 4.99 Å². The van der Waals surface area contributed by atoms with E-state index in [9.17, 15) is 4.79 Å². The smallest absolute Gasteiger partial charge is 0.251 e. The van der Waals surface area contributed by atoms with Gasteiger partial charge in [0.05, 0.1) is 7.11 Å². The molecule has 6 heteroatoms. The second-order valence-electron chi connectivity index (χ2n) is 7.86. The van der Waals surface area contributed by atoms with Crippen LogP contribution in [0, 0.1) is 0 Å². The van der Waals surface area contributed by atoms with Crippen LogP contribution < -0.4 is 20.7 Å². The molecule has 2 aromatic carbocycles. The molecule has 6 nitrogen and oxygen atoms in total. The first-order chi connectivity index (χ1) is 13.8. The van der Waals surface area contributed by atoms with Crippen LogP contribution in [0.25, 0.3) is 0 Å². The summed E-state index contributed by atoms with van der Waals surface area (Å²) in [6, 6.07) is 15.7. The standard InChI is InChI=1S/C23H32N4O2/c1-23(2,3)27-21(28)19-8-6-7-18(15-19)16-26-22(24-4)25-14-13-17-9-11-20(29-5)12-10-17/h6-12,15H,13-14,16H2,1-5H3,(H,27,28)(H2,24,25,26). The van der Waals surface area contributed by atoms with Crippen LogP contribution in [-0.2, 0) is 13.0 Å². The number of guanidine groups is 1. The average molecular weight is 397 g/mol. The molecule has 0 aliphatic heterocycles. The molecule has 0 saturated carbocycles. The Balaban J connectivity index is 1.84. The number of benzene rings is 2. The van der Waals surface area contributed by atoms with Crippen LogP contribution in [0.5, 0.6) is 5.75 Å². The molecule has 0 heterocycles. The molecular formula is C23H32N4O2. The Bertz CT molecular complexity index is 824. The highest BCUT2D eigenvalue weighted by Crippen LogP contribution is 2.11. The molecule has 0 unspecified atom stereocenters. The van der Waals surface area contributed by atoms with Gasteiger partial charge in [0.1, 0.15) is 5.75 Å². The highest BCUT2D eigenvalue weighted by atomic mass is 16.5. The Morgan fingerprint density at radius 1 is 1.03 bits per heavy atom. The van der Waals surface area contributed by atoms with Crippen LogP contribution >= 0.6 is 0 Å². The third kappa shape index (κ3) is 7.86. The number of nitrogens with zero attached hydrogens (tertiary/aromatic N) is 1. The summed E-state index contributed by atoms with van der Waals surface area (Å²) in [6.45, 7) is 7.26. The summed E-state index contributed by atoms with van der Waals surface area (Å²) in [4.78, 5) is 16.6. The third-order valence-electron chi connectivity index (χ3n) is 4.23. The first-order valence-electron chi connectivity index (χ1n) is 9.79. The molecule has 0 fully saturated rings. The molecule has 0 radical (unpaired) electrons. The number of hydrogen-bond donors (Lipinski definition) is 3. The lowest BCUT2D eigenvalue weighted by Crippen LogP contribution is -2.40. The second-order valence-corrected chi connectivity index (χ2v) is 7.86. The third-order valence-corrected chi connectivity index (χ3v) is 4.23. The first kappa shape index (κ1) is 22.3. The SMILES string of the molecule is CN=C(NCCc1ccc(OC)cc1)NCc1cccc(C(=O)NC(C)(C)C)c1. The van der Waals surface area contributed by atoms with E-state index in [1.54, 1.807) is 14.2 Å². The minimum absolute atomic E-state index is 0.0682. The summed E-state index contributed by atoms with van der Waals surface area (Å²) in [5.41, 5.74) is 2.64. The van der Waals surface area contributed by atoms with Crippen molar-refractivity contribution < 1.29 is 9.53 Å². The molecule has 0 saturated heterocycles. The van der Waals surface area contributed by atoms with Gasteiger partial charge in [0, 0.05) is 31.2 Å². The molecule has 2 aromatic rings. The van der Waals surface area contributed by atoms with E-state index in [1.807, 2.05) is 57.2 Å². The van der Waals surface area contributed by atoms with Gasteiger partial charge in [0.25, 0.3) is 5.91 Å². The molecule has 156 valence electrons. The van der Waals surface area contributed by atoms with E-state index < -0.39 is 0 Å². The maximum absolute atomic E-state index is 12.3. The molecular weight excluding hydrogens is 364 g/mol. The van der Waals surface area contributed by atoms with Crippen LogP contribution in [-0.4, -0.2) is 38.1 Å². The Kier molecular flexibility index (Phi) is 8.07. The maximum atomic E-state index is 12.3. The molecule has 0 aliphatic carbocycles. The molecule has 0 aliphatic rings. The van der Waals surface area contributed by atoms with Crippen molar-refractivity contribution in [1.82, 2.24) is 16.0 Å². The topological polar surface area (TPSA) is 74.8 Å². The zero-order chi connectivity index (χ0) is 21.3. The van der Waals surface area contributed by atoms with Gasteiger partial charge in [-0.25, -0.2) is 0 Å². The quantitative estimate of drug-likeness (QED) is 0.497. The fraction of sp³-hybridized carbons (Fsp3) is 0.391. The van der Waals surface area contributed by atoms with Crippen LogP contribution in [0.3, 0.4) is 0 Å². The summed E-state index contributed by atoms with van der Waals surface area (Å²) in [5, 5.41) is 9.59. The highest BCUT2D eigenvalue weighted by molar-refractivity contribution is 5.94. The number of nitrogens with one attached hydrogen (secondary N) is 3. The van der Waals surface area contributed by atoms with E-state index >= 15 is 0 Å². The van der Waals surface area contributed by atoms with Gasteiger partial charge in [-0.15, -0.1) is 0 Å². The minimum atomic E-state index is -0.263. The van der Waals surface area contributed by atoms with Gasteiger partial charge >= 0.3 is 0 Å². The number of ether oxygens (including phenoxy) is 1. The van der Waals surface area contributed by atoms with Crippen molar-refractivity contribution in [3.63, 3.8) is 0 Å². The average Bonchev–Trinajstić information content (AvgIpc) is 2.70. The van der Waals surface area contributed by atoms with E-state index in [1.165, 1.54) is 5.56 Å². The number of amides is 1. The number of rotatable bonds is 7. The molecule has 3 N–H and O–H groups in total. The fourth-order valence-electron chi connectivity index (χ4n) is 2.76. The lowest BCUT2D eigenvalue weighted by atomic mass is 10.1. The van der Waals surface area contributed by atoms with Crippen LogP contribution in [0.4, 0.5) is 0 Å². The second kappa shape index (κ2) is 10.5. The number of hydrogen-bond acceptors (Lipinski definition) is 3. The number of aliphatic imine (C=N–C) groups is 1. The van der Waals surface area contributed by atoms with Crippen LogP contribution in [0.15, 0.2) is 53.5 Å². The first-order valence-corrected chi connectivity index (χ1v) is 9.79. The van der Waals surface area contributed by atoms with Crippen molar-refractivity contribution in [3.05, 3.63) is 65.2 Å². The lowest BCUT2D eigenvalue weighted by Gasteiger charge is -2.20. The van der Waals surface area contributed by atoms with Gasteiger partial charge in [0.15, 0.2) is 5.96 Å². The fourth-order valence-corrected chi connectivity index (χ4v) is 2.76. The van der Waals surface area contributed by atoms with Gasteiger partial charge in [-0.3, -0.25) is 9.79 Å². The molecule has 1 amide bonds. The summed E-state index contributed by atoms with van der Waals surface area (Å²) in [5.74, 6) is 1.52. The van der Waals surface area contributed by atoms with Crippen LogP contribution in [0.1, 0.15) is 42.3 Å². The highest BCUT2D eigenvalue weighted by Gasteiger charge is 2.15. The van der Waals surface area contributed by atoms with Crippen molar-refractivity contribution >= 4 is 11.9 Å². The number of methoxy groups -OCH3 is 1. The maximum Gasteiger partial charge on any atom is 0.251 e. The Morgan fingerprint density at radius 3 is 2.38 bits per heavy atom. The van der Waals surface area contributed by atoms with Crippen molar-refractivity contribution in [1.29, 1.82) is 0 Å². The van der Waals surface area contributed by atoms with Gasteiger partial charge < -0.3 is 20.7 Å². The van der Waals surface area contributed by atoms with Crippen molar-refractivity contribution in [2.75, 3.05) is 20.7 Å². The largest absolute Gasteiger partial charge is 0.497 e. The number of carbonyl (C=O) groups is 1. The van der Waals surface area contributed by atoms with Gasteiger partial charge in [-0.1, -0.05) is 24.3 Å². The van der Waals surface area contributed by atoms with Gasteiger partial charge in [0.2, 0.25) is 0 Å². The molecule has 2 rings (SSSR count). The van der Waals surface area contributed by atoms with E-state index in [0.29, 0.717) is 12.1 Å². The van der Waals surface area contributed by atoms with Crippen LogP contribution in [0.2, 0.25) is 0 Å². The lowest BCUT2D eigenvalue weighted by molar-refractivity contribution is 0.0919. The molecule has 0 atom stereocenters. The zero-order valence-corrected chi connectivity index (χ0v) is 18.0. The monoisotopic (exact) mass is 396 g/mol. The molecule has 0 aromatic heterocycles. The predicted octanol–water partition coefficient (Wildman–Crippen LogP) is 3.13. The molecule has 0 bridgehead atoms. The van der Waals surface area contributed by atoms with Crippen molar-refractivity contribution in [3.8, 4) is 5.75 Å². The van der Waals surface area contributed by atoms with E-state index in [0.717, 1.165) is 30.2 Å². The van der Waals surface area contributed by atoms with Gasteiger partial charge in [-0.05, 0) is 62.6 Å². The Labute approximate surface area is 173 Å². The van der Waals surface area contributed by atoms with Gasteiger partial charge in [-0.2, -0.15) is 0 Å². The number of carbonyl (C=O) groups excluding carboxylic acids is 1. The van der Waals surface area contributed by atoms with E-state index in [4.69, 9.17) is 4.74 Å². The summed E-state index contributed by atoms with van der Waals surface area (Å²) in [7, 11) is 3.41.